The first kappa shape index (κ1) is 21.3. The summed E-state index contributed by atoms with van der Waals surface area (Å²) in [6.45, 7) is 1.20. The molecule has 1 aromatic carbocycles. The first-order valence-corrected chi connectivity index (χ1v) is 9.17. The Balaban J connectivity index is 2.08. The average molecular weight is 441 g/mol. The standard InChI is InChI=1S/C18H14F3N3O5S/c1-7(16(27)28)22-15(26)13-14(25)9-4-3-8(5-11(9)30-17(13)29)10-6-12(18(19,20)21)23-24(10)2/h3-7,25H,1-2H3,(H,22,26)(H,27,28)/t7-/m0/s1. The van der Waals surface area contributed by atoms with Gasteiger partial charge in [-0.25, -0.2) is 0 Å². The zero-order valence-electron chi connectivity index (χ0n) is 15.4. The van der Waals surface area contributed by atoms with Crippen molar-refractivity contribution in [1.82, 2.24) is 15.1 Å². The first-order chi connectivity index (χ1) is 13.9. The van der Waals surface area contributed by atoms with Gasteiger partial charge >= 0.3 is 12.1 Å². The van der Waals surface area contributed by atoms with Gasteiger partial charge in [-0.2, -0.15) is 18.3 Å². The molecule has 30 heavy (non-hydrogen) atoms. The number of aliphatic carboxylic acids is 1. The van der Waals surface area contributed by atoms with E-state index in [-0.39, 0.29) is 15.8 Å². The lowest BCUT2D eigenvalue weighted by Crippen LogP contribution is -2.39. The largest absolute Gasteiger partial charge is 0.506 e. The van der Waals surface area contributed by atoms with Crippen LogP contribution in [0.3, 0.4) is 0 Å². The molecule has 158 valence electrons. The zero-order chi connectivity index (χ0) is 22.4. The van der Waals surface area contributed by atoms with Crippen molar-refractivity contribution in [3.63, 3.8) is 0 Å². The molecule has 2 aromatic heterocycles. The number of benzene rings is 1. The molecule has 1 atom stereocenters. The molecule has 0 unspecified atom stereocenters. The number of halogens is 3. The number of alkyl halides is 3. The molecule has 0 radical (unpaired) electrons. The summed E-state index contributed by atoms with van der Waals surface area (Å²) in [5, 5.41) is 24.9. The molecule has 3 rings (SSSR count). The van der Waals surface area contributed by atoms with E-state index in [2.05, 4.69) is 10.4 Å². The second-order valence-corrected chi connectivity index (χ2v) is 7.41. The molecular weight excluding hydrogens is 427 g/mol. The van der Waals surface area contributed by atoms with Crippen LogP contribution in [0.5, 0.6) is 5.75 Å². The molecular formula is C18H14F3N3O5S. The van der Waals surface area contributed by atoms with Crippen molar-refractivity contribution in [2.45, 2.75) is 19.1 Å². The number of amides is 1. The van der Waals surface area contributed by atoms with Crippen LogP contribution in [0.15, 0.2) is 29.1 Å². The zero-order valence-corrected chi connectivity index (χ0v) is 16.3. The maximum atomic E-state index is 12.9. The predicted octanol–water partition coefficient (Wildman–Crippen LogP) is 2.59. The fraction of sp³-hybridized carbons (Fsp3) is 0.222. The maximum absolute atomic E-state index is 12.9. The van der Waals surface area contributed by atoms with Crippen LogP contribution in [0.25, 0.3) is 21.3 Å². The summed E-state index contributed by atoms with van der Waals surface area (Å²) in [6.07, 6.45) is -4.62. The number of aromatic nitrogens is 2. The number of aryl methyl sites for hydroxylation is 1. The highest BCUT2D eigenvalue weighted by Crippen LogP contribution is 2.35. The van der Waals surface area contributed by atoms with E-state index in [1.807, 2.05) is 0 Å². The summed E-state index contributed by atoms with van der Waals surface area (Å²) < 4.78 is 39.1. The number of nitrogens with one attached hydrogen (secondary N) is 1. The highest BCUT2D eigenvalue weighted by Gasteiger charge is 2.34. The summed E-state index contributed by atoms with van der Waals surface area (Å²) in [4.78, 5) is 35.5. The molecule has 0 spiro atoms. The molecule has 0 aliphatic carbocycles. The molecule has 0 fully saturated rings. The molecule has 3 aromatic rings. The number of carboxylic acid groups (broad SMARTS) is 1. The highest BCUT2D eigenvalue weighted by atomic mass is 32.1. The summed E-state index contributed by atoms with van der Waals surface area (Å²) in [7, 11) is 1.34. The van der Waals surface area contributed by atoms with E-state index < -0.39 is 45.8 Å². The number of aromatic hydroxyl groups is 1. The minimum Gasteiger partial charge on any atom is -0.506 e. The Morgan fingerprint density at radius 3 is 2.50 bits per heavy atom. The number of carboxylic acids is 1. The van der Waals surface area contributed by atoms with Crippen LogP contribution in [0, 0.1) is 0 Å². The average Bonchev–Trinajstić information content (AvgIpc) is 3.03. The Labute approximate surface area is 170 Å². The van der Waals surface area contributed by atoms with Crippen LogP contribution >= 0.6 is 11.3 Å². The molecule has 0 aliphatic heterocycles. The van der Waals surface area contributed by atoms with Crippen molar-refractivity contribution in [3.05, 3.63) is 45.1 Å². The summed E-state index contributed by atoms with van der Waals surface area (Å²) >= 11 is 0.598. The molecule has 0 saturated heterocycles. The van der Waals surface area contributed by atoms with Crippen LogP contribution in [0.1, 0.15) is 23.0 Å². The van der Waals surface area contributed by atoms with Gasteiger partial charge in [0.1, 0.15) is 17.4 Å². The van der Waals surface area contributed by atoms with Crippen molar-refractivity contribution >= 4 is 33.3 Å². The second-order valence-electron chi connectivity index (χ2n) is 6.39. The van der Waals surface area contributed by atoms with Gasteiger partial charge in [0.15, 0.2) is 5.69 Å². The quantitative estimate of drug-likeness (QED) is 0.572. The molecule has 0 saturated carbocycles. The highest BCUT2D eigenvalue weighted by molar-refractivity contribution is 7.16. The number of carbonyl (C=O) groups excluding carboxylic acids is 1. The Hall–Kier alpha value is -3.41. The molecule has 0 aliphatic rings. The normalized spacial score (nSPS) is 12.7. The van der Waals surface area contributed by atoms with Crippen LogP contribution in [-0.4, -0.2) is 37.9 Å². The molecule has 8 nitrogen and oxygen atoms in total. The van der Waals surface area contributed by atoms with E-state index in [9.17, 15) is 32.7 Å². The third-order valence-corrected chi connectivity index (χ3v) is 5.24. The van der Waals surface area contributed by atoms with Crippen molar-refractivity contribution in [2.24, 2.45) is 7.05 Å². The summed E-state index contributed by atoms with van der Waals surface area (Å²) in [5.41, 5.74) is -1.22. The minimum absolute atomic E-state index is 0.120. The van der Waals surface area contributed by atoms with Gasteiger partial charge < -0.3 is 15.5 Å². The fourth-order valence-electron chi connectivity index (χ4n) is 2.75. The van der Waals surface area contributed by atoms with E-state index in [0.29, 0.717) is 16.9 Å². The Morgan fingerprint density at radius 2 is 1.93 bits per heavy atom. The van der Waals surface area contributed by atoms with Gasteiger partial charge in [-0.3, -0.25) is 19.1 Å². The predicted molar refractivity (Wildman–Crippen MR) is 102 cm³/mol. The SMILES string of the molecule is C[C@H](NC(=O)c1c(O)c2ccc(-c3cc(C(F)(F)F)nn3C)cc2sc1=O)C(=O)O. The lowest BCUT2D eigenvalue weighted by atomic mass is 10.1. The van der Waals surface area contributed by atoms with Crippen LogP contribution < -0.4 is 10.1 Å². The molecule has 12 heteroatoms. The van der Waals surface area contributed by atoms with Gasteiger partial charge in [-0.1, -0.05) is 17.4 Å². The molecule has 2 heterocycles. The number of rotatable bonds is 4. The summed E-state index contributed by atoms with van der Waals surface area (Å²) in [6, 6.07) is 3.75. The summed E-state index contributed by atoms with van der Waals surface area (Å²) in [5.74, 6) is -3.01. The van der Waals surface area contributed by atoms with Crippen molar-refractivity contribution in [1.29, 1.82) is 0 Å². The number of fused-ring (bicyclic) bond motifs is 1. The van der Waals surface area contributed by atoms with E-state index >= 15 is 0 Å². The minimum atomic E-state index is -4.62. The topological polar surface area (TPSA) is 122 Å². The monoisotopic (exact) mass is 441 g/mol. The molecule has 0 bridgehead atoms. The van der Waals surface area contributed by atoms with Gasteiger partial charge in [-0.05, 0) is 25.1 Å². The van der Waals surface area contributed by atoms with E-state index in [1.165, 1.54) is 32.2 Å². The Bertz CT molecular complexity index is 1230. The van der Waals surface area contributed by atoms with Gasteiger partial charge in [0.05, 0.1) is 5.69 Å². The smallest absolute Gasteiger partial charge is 0.435 e. The molecule has 1 amide bonds. The lowest BCUT2D eigenvalue weighted by molar-refractivity contribution is -0.141. The van der Waals surface area contributed by atoms with Crippen molar-refractivity contribution in [2.75, 3.05) is 0 Å². The van der Waals surface area contributed by atoms with Gasteiger partial charge in [0.25, 0.3) is 5.91 Å². The van der Waals surface area contributed by atoms with Crippen LogP contribution in [-0.2, 0) is 18.0 Å². The van der Waals surface area contributed by atoms with Crippen LogP contribution in [0.4, 0.5) is 13.2 Å². The number of hydrogen-bond donors (Lipinski definition) is 3. The fourth-order valence-corrected chi connectivity index (χ4v) is 3.70. The van der Waals surface area contributed by atoms with Crippen LogP contribution in [0.2, 0.25) is 0 Å². The van der Waals surface area contributed by atoms with Crippen molar-refractivity contribution in [3.8, 4) is 17.0 Å². The number of hydrogen-bond acceptors (Lipinski definition) is 6. The van der Waals surface area contributed by atoms with E-state index in [4.69, 9.17) is 5.11 Å². The first-order valence-electron chi connectivity index (χ1n) is 8.35. The van der Waals surface area contributed by atoms with Gasteiger partial charge in [-0.15, -0.1) is 0 Å². The van der Waals surface area contributed by atoms with Gasteiger partial charge in [0, 0.05) is 22.7 Å². The molecule has 3 N–H and O–H groups in total. The van der Waals surface area contributed by atoms with Crippen molar-refractivity contribution < 1.29 is 33.0 Å². The lowest BCUT2D eigenvalue weighted by Gasteiger charge is -2.11. The number of carbonyl (C=O) groups is 2. The Kier molecular flexibility index (Phi) is 5.29. The third-order valence-electron chi connectivity index (χ3n) is 4.29. The van der Waals surface area contributed by atoms with E-state index in [1.54, 1.807) is 0 Å². The van der Waals surface area contributed by atoms with Gasteiger partial charge in [0.2, 0.25) is 4.74 Å². The van der Waals surface area contributed by atoms with E-state index in [0.717, 1.165) is 10.7 Å². The Morgan fingerprint density at radius 1 is 1.27 bits per heavy atom. The number of nitrogens with zero attached hydrogens (tertiary/aromatic N) is 2. The maximum Gasteiger partial charge on any atom is 0.435 e. The third kappa shape index (κ3) is 3.85. The second kappa shape index (κ2) is 7.44.